The summed E-state index contributed by atoms with van der Waals surface area (Å²) >= 11 is 1.35. The molecule has 0 aliphatic carbocycles. The molecule has 0 unspecified atom stereocenters. The number of aromatic nitrogens is 4. The maximum Gasteiger partial charge on any atom is 0.269 e. The Morgan fingerprint density at radius 2 is 2.00 bits per heavy atom. The fraction of sp³-hybridized carbons (Fsp3) is 0.0588. The van der Waals surface area contributed by atoms with Gasteiger partial charge in [-0.15, -0.1) is 10.2 Å². The third-order valence-electron chi connectivity index (χ3n) is 3.74. The maximum absolute atomic E-state index is 12.3. The molecule has 0 spiro atoms. The number of rotatable bonds is 6. The van der Waals surface area contributed by atoms with Crippen LogP contribution < -0.4 is 10.1 Å². The molecule has 0 bridgehead atoms. The summed E-state index contributed by atoms with van der Waals surface area (Å²) in [5.41, 5.74) is 1.29. The van der Waals surface area contributed by atoms with E-state index in [9.17, 15) is 14.9 Å². The first-order valence-electron chi connectivity index (χ1n) is 8.03. The quantitative estimate of drug-likeness (QED) is 0.392. The van der Waals surface area contributed by atoms with E-state index in [0.717, 1.165) is 5.56 Å². The second-order valence-electron chi connectivity index (χ2n) is 5.60. The van der Waals surface area contributed by atoms with E-state index in [1.54, 1.807) is 16.6 Å². The van der Waals surface area contributed by atoms with Gasteiger partial charge < -0.3 is 10.1 Å². The Labute approximate surface area is 161 Å². The third-order valence-corrected chi connectivity index (χ3v) is 4.68. The summed E-state index contributed by atoms with van der Waals surface area (Å²) in [6.45, 7) is -0.239. The summed E-state index contributed by atoms with van der Waals surface area (Å²) in [5.74, 6) is -0.00325. The maximum atomic E-state index is 12.3. The molecule has 0 aliphatic heterocycles. The van der Waals surface area contributed by atoms with Gasteiger partial charge in [0, 0.05) is 17.7 Å². The fourth-order valence-electron chi connectivity index (χ4n) is 2.45. The van der Waals surface area contributed by atoms with Crippen LogP contribution in [0.5, 0.6) is 5.75 Å². The lowest BCUT2D eigenvalue weighted by Gasteiger charge is -2.10. The van der Waals surface area contributed by atoms with Crippen LogP contribution in [-0.4, -0.2) is 37.2 Å². The minimum absolute atomic E-state index is 0.0456. The van der Waals surface area contributed by atoms with Crippen molar-refractivity contribution in [1.82, 2.24) is 19.8 Å². The molecular formula is C17H12N6O4S. The van der Waals surface area contributed by atoms with Gasteiger partial charge in [-0.2, -0.15) is 9.61 Å². The Balaban J connectivity index is 1.44. The number of carbonyl (C=O) groups excluding carboxylic acids is 1. The number of ether oxygens (including phenoxy) is 1. The largest absolute Gasteiger partial charge is 0.484 e. The number of amides is 1. The zero-order chi connectivity index (χ0) is 19.5. The molecule has 2 aromatic heterocycles. The van der Waals surface area contributed by atoms with Gasteiger partial charge in [0.15, 0.2) is 6.61 Å². The van der Waals surface area contributed by atoms with Gasteiger partial charge in [-0.3, -0.25) is 14.9 Å². The van der Waals surface area contributed by atoms with Crippen molar-refractivity contribution in [3.63, 3.8) is 0 Å². The molecule has 10 nitrogen and oxygen atoms in total. The molecular weight excluding hydrogens is 384 g/mol. The van der Waals surface area contributed by atoms with Gasteiger partial charge >= 0.3 is 0 Å². The van der Waals surface area contributed by atoms with Crippen molar-refractivity contribution in [1.29, 1.82) is 0 Å². The number of fused-ring (bicyclic) bond motifs is 1. The van der Waals surface area contributed by atoms with E-state index >= 15 is 0 Å². The van der Waals surface area contributed by atoms with Crippen molar-refractivity contribution in [2.24, 2.45) is 0 Å². The van der Waals surface area contributed by atoms with Gasteiger partial charge in [-0.1, -0.05) is 23.5 Å². The van der Waals surface area contributed by atoms with Crippen molar-refractivity contribution < 1.29 is 14.5 Å². The highest BCUT2D eigenvalue weighted by atomic mass is 32.1. The van der Waals surface area contributed by atoms with Gasteiger partial charge in [0.2, 0.25) is 4.96 Å². The molecule has 0 fully saturated rings. The molecule has 0 saturated carbocycles. The Bertz CT molecular complexity index is 1130. The number of nitro benzene ring substituents is 1. The number of non-ortho nitro benzene ring substituents is 1. The minimum Gasteiger partial charge on any atom is -0.484 e. The Kier molecular flexibility index (Phi) is 4.64. The number of nitrogens with one attached hydrogen (secondary N) is 1. The Hall–Kier alpha value is -3.86. The molecule has 140 valence electrons. The number of hydrogen-bond acceptors (Lipinski definition) is 8. The molecule has 0 aliphatic rings. The van der Waals surface area contributed by atoms with Gasteiger partial charge in [0.1, 0.15) is 17.1 Å². The van der Waals surface area contributed by atoms with Crippen LogP contribution in [0, 0.1) is 10.1 Å². The second-order valence-corrected chi connectivity index (χ2v) is 6.55. The lowest BCUT2D eigenvalue weighted by atomic mass is 10.2. The van der Waals surface area contributed by atoms with Crippen molar-refractivity contribution in [3.05, 3.63) is 65.0 Å². The second kappa shape index (κ2) is 7.40. The lowest BCUT2D eigenvalue weighted by molar-refractivity contribution is -0.384. The van der Waals surface area contributed by atoms with Crippen LogP contribution in [-0.2, 0) is 4.79 Å². The van der Waals surface area contributed by atoms with E-state index in [1.165, 1.54) is 41.9 Å². The average Bonchev–Trinajstić information content (AvgIpc) is 3.29. The predicted molar refractivity (Wildman–Crippen MR) is 101 cm³/mol. The third kappa shape index (κ3) is 3.64. The van der Waals surface area contributed by atoms with Crippen LogP contribution in [0.15, 0.2) is 54.9 Å². The molecule has 0 saturated heterocycles. The van der Waals surface area contributed by atoms with Crippen LogP contribution in [0.25, 0.3) is 15.5 Å². The molecule has 4 rings (SSSR count). The van der Waals surface area contributed by atoms with Crippen molar-refractivity contribution >= 4 is 33.6 Å². The highest BCUT2D eigenvalue weighted by molar-refractivity contribution is 7.19. The number of benzene rings is 2. The highest BCUT2D eigenvalue weighted by Gasteiger charge is 2.14. The number of hydrogen-bond donors (Lipinski definition) is 1. The first-order chi connectivity index (χ1) is 13.6. The standard InChI is InChI=1S/C17H12N6O4S/c24-15(9-27-12-7-5-11(6-8-12)23(25)26)19-14-4-2-1-3-13(14)16-21-22-10-18-20-17(22)28-16/h1-8,10H,9H2,(H,19,24). The van der Waals surface area contributed by atoms with Crippen LogP contribution in [0.3, 0.4) is 0 Å². The smallest absolute Gasteiger partial charge is 0.269 e. The fourth-order valence-corrected chi connectivity index (χ4v) is 3.31. The molecule has 2 heterocycles. The molecule has 11 heteroatoms. The van der Waals surface area contributed by atoms with Gasteiger partial charge in [0.05, 0.1) is 10.6 Å². The summed E-state index contributed by atoms with van der Waals surface area (Å²) in [4.78, 5) is 23.1. The van der Waals surface area contributed by atoms with E-state index in [4.69, 9.17) is 4.74 Å². The lowest BCUT2D eigenvalue weighted by Crippen LogP contribution is -2.20. The van der Waals surface area contributed by atoms with E-state index in [-0.39, 0.29) is 18.2 Å². The van der Waals surface area contributed by atoms with E-state index in [1.807, 2.05) is 12.1 Å². The Morgan fingerprint density at radius 1 is 1.21 bits per heavy atom. The summed E-state index contributed by atoms with van der Waals surface area (Å²) in [7, 11) is 0. The molecule has 1 amide bonds. The summed E-state index contributed by atoms with van der Waals surface area (Å²) < 4.78 is 6.95. The summed E-state index contributed by atoms with van der Waals surface area (Å²) in [6.07, 6.45) is 1.51. The monoisotopic (exact) mass is 396 g/mol. The van der Waals surface area contributed by atoms with Crippen LogP contribution in [0.2, 0.25) is 0 Å². The van der Waals surface area contributed by atoms with E-state index in [2.05, 4.69) is 20.6 Å². The van der Waals surface area contributed by atoms with Crippen LogP contribution in [0.4, 0.5) is 11.4 Å². The Morgan fingerprint density at radius 3 is 2.75 bits per heavy atom. The zero-order valence-corrected chi connectivity index (χ0v) is 15.0. The first-order valence-corrected chi connectivity index (χ1v) is 8.85. The van der Waals surface area contributed by atoms with Gasteiger partial charge in [0.25, 0.3) is 11.6 Å². The number of carbonyl (C=O) groups is 1. The number of para-hydroxylation sites is 1. The number of nitro groups is 1. The molecule has 0 atom stereocenters. The molecule has 1 N–H and O–H groups in total. The van der Waals surface area contributed by atoms with E-state index in [0.29, 0.717) is 21.4 Å². The van der Waals surface area contributed by atoms with Crippen molar-refractivity contribution in [2.45, 2.75) is 0 Å². The predicted octanol–water partition coefficient (Wildman–Crippen LogP) is 2.78. The van der Waals surface area contributed by atoms with Crippen LogP contribution in [0.1, 0.15) is 0 Å². The van der Waals surface area contributed by atoms with E-state index < -0.39 is 4.92 Å². The van der Waals surface area contributed by atoms with Gasteiger partial charge in [-0.25, -0.2) is 0 Å². The average molecular weight is 396 g/mol. The molecule has 0 radical (unpaired) electrons. The number of anilines is 1. The number of nitrogens with zero attached hydrogens (tertiary/aromatic N) is 5. The minimum atomic E-state index is -0.501. The SMILES string of the molecule is O=C(COc1ccc([N+](=O)[O-])cc1)Nc1ccccc1-c1nn2cnnc2s1. The van der Waals surface area contributed by atoms with Crippen molar-refractivity contribution in [2.75, 3.05) is 11.9 Å². The topological polar surface area (TPSA) is 125 Å². The first kappa shape index (κ1) is 17.5. The molecule has 4 aromatic rings. The zero-order valence-electron chi connectivity index (χ0n) is 14.2. The molecule has 2 aromatic carbocycles. The van der Waals surface area contributed by atoms with Crippen molar-refractivity contribution in [3.8, 4) is 16.3 Å². The molecule has 28 heavy (non-hydrogen) atoms. The summed E-state index contributed by atoms with van der Waals surface area (Å²) in [5, 5.41) is 26.3. The highest BCUT2D eigenvalue weighted by Crippen LogP contribution is 2.31. The summed E-state index contributed by atoms with van der Waals surface area (Å²) in [6, 6.07) is 12.8. The van der Waals surface area contributed by atoms with Crippen LogP contribution >= 0.6 is 11.3 Å². The normalized spacial score (nSPS) is 10.7. The van der Waals surface area contributed by atoms with Gasteiger partial charge in [-0.05, 0) is 24.3 Å².